The molecular weight excluding hydrogens is 248 g/mol. The maximum Gasteiger partial charge on any atom is 0.0593 e. The molecule has 1 unspecified atom stereocenters. The molecule has 0 bridgehead atoms. The van der Waals surface area contributed by atoms with Crippen LogP contribution in [0.1, 0.15) is 37.3 Å². The van der Waals surface area contributed by atoms with Gasteiger partial charge in [0.25, 0.3) is 0 Å². The van der Waals surface area contributed by atoms with Crippen LogP contribution in [-0.2, 0) is 11.3 Å². The van der Waals surface area contributed by atoms with Gasteiger partial charge in [0.05, 0.1) is 6.61 Å². The van der Waals surface area contributed by atoms with E-state index >= 15 is 0 Å². The minimum Gasteiger partial charge on any atom is -0.380 e. The normalized spacial score (nSPS) is 18.7. The number of rotatable bonds is 6. The van der Waals surface area contributed by atoms with Crippen LogP contribution in [0.5, 0.6) is 0 Å². The van der Waals surface area contributed by atoms with Crippen molar-refractivity contribution in [3.05, 3.63) is 35.4 Å². The molecule has 1 aromatic carbocycles. The molecule has 3 nitrogen and oxygen atoms in total. The number of nitrogens with zero attached hydrogens (tertiary/aromatic N) is 1. The zero-order chi connectivity index (χ0) is 14.2. The Bertz CT molecular complexity index is 369. The monoisotopic (exact) mass is 276 g/mol. The lowest BCUT2D eigenvalue weighted by Crippen LogP contribution is -2.25. The van der Waals surface area contributed by atoms with Gasteiger partial charge in [-0.2, -0.15) is 0 Å². The van der Waals surface area contributed by atoms with Gasteiger partial charge >= 0.3 is 0 Å². The largest absolute Gasteiger partial charge is 0.380 e. The highest BCUT2D eigenvalue weighted by molar-refractivity contribution is 5.25. The predicted octanol–water partition coefficient (Wildman–Crippen LogP) is 2.62. The molecular formula is C17H28N2O. The molecule has 1 aliphatic heterocycles. The van der Waals surface area contributed by atoms with Crippen LogP contribution < -0.4 is 5.32 Å². The Morgan fingerprint density at radius 1 is 1.20 bits per heavy atom. The molecule has 0 aliphatic carbocycles. The van der Waals surface area contributed by atoms with Crippen LogP contribution >= 0.6 is 0 Å². The number of ether oxygens (including phenoxy) is 1. The highest BCUT2D eigenvalue weighted by Crippen LogP contribution is 2.16. The average molecular weight is 276 g/mol. The zero-order valence-electron chi connectivity index (χ0n) is 12.9. The van der Waals surface area contributed by atoms with Crippen LogP contribution in [-0.4, -0.2) is 44.3 Å². The molecule has 1 heterocycles. The summed E-state index contributed by atoms with van der Waals surface area (Å²) >= 11 is 0. The summed E-state index contributed by atoms with van der Waals surface area (Å²) in [5.41, 5.74) is 2.83. The average Bonchev–Trinajstić information content (AvgIpc) is 2.74. The third-order valence-electron chi connectivity index (χ3n) is 3.97. The molecule has 1 aliphatic rings. The van der Waals surface area contributed by atoms with Gasteiger partial charge in [0.1, 0.15) is 0 Å². The minimum atomic E-state index is 0.579. The van der Waals surface area contributed by atoms with Crippen molar-refractivity contribution in [1.82, 2.24) is 10.2 Å². The van der Waals surface area contributed by atoms with E-state index in [0.29, 0.717) is 5.92 Å². The highest BCUT2D eigenvalue weighted by atomic mass is 16.5. The molecule has 0 saturated carbocycles. The number of hydrogen-bond donors (Lipinski definition) is 1. The second kappa shape index (κ2) is 8.40. The van der Waals surface area contributed by atoms with Gasteiger partial charge in [0.15, 0.2) is 0 Å². The lowest BCUT2D eigenvalue weighted by atomic mass is 9.99. The van der Waals surface area contributed by atoms with E-state index < -0.39 is 0 Å². The summed E-state index contributed by atoms with van der Waals surface area (Å²) < 4.78 is 5.50. The van der Waals surface area contributed by atoms with Gasteiger partial charge in [-0.3, -0.25) is 4.90 Å². The molecule has 0 radical (unpaired) electrons. The van der Waals surface area contributed by atoms with Crippen molar-refractivity contribution in [2.45, 2.75) is 32.7 Å². The Morgan fingerprint density at radius 3 is 2.75 bits per heavy atom. The minimum absolute atomic E-state index is 0.579. The fourth-order valence-electron chi connectivity index (χ4n) is 2.64. The van der Waals surface area contributed by atoms with Crippen molar-refractivity contribution >= 4 is 0 Å². The molecule has 0 aromatic heterocycles. The number of likely N-dealkylation sites (N-methyl/N-ethyl adjacent to an activating group) is 1. The van der Waals surface area contributed by atoms with Gasteiger partial charge in [-0.1, -0.05) is 38.1 Å². The molecule has 1 N–H and O–H groups in total. The maximum atomic E-state index is 5.50. The first-order chi connectivity index (χ1) is 9.79. The molecule has 2 rings (SSSR count). The Hall–Kier alpha value is -0.900. The summed E-state index contributed by atoms with van der Waals surface area (Å²) in [5, 5.41) is 3.41. The molecule has 0 spiro atoms. The lowest BCUT2D eigenvalue weighted by molar-refractivity contribution is 0.140. The third kappa shape index (κ3) is 4.89. The number of benzene rings is 1. The standard InChI is InChI=1S/C17H28N2O/c1-3-18-13-15(2)17-7-5-16(6-8-17)14-19-9-4-11-20-12-10-19/h5-8,15,18H,3-4,9-14H2,1-2H3. The topological polar surface area (TPSA) is 24.5 Å². The van der Waals surface area contributed by atoms with Crippen LogP contribution in [0.25, 0.3) is 0 Å². The lowest BCUT2D eigenvalue weighted by Gasteiger charge is -2.19. The van der Waals surface area contributed by atoms with E-state index in [1.54, 1.807) is 0 Å². The second-order valence-corrected chi connectivity index (χ2v) is 5.69. The van der Waals surface area contributed by atoms with Crippen LogP contribution in [0.4, 0.5) is 0 Å². The quantitative estimate of drug-likeness (QED) is 0.864. The van der Waals surface area contributed by atoms with E-state index in [-0.39, 0.29) is 0 Å². The van der Waals surface area contributed by atoms with Crippen LogP contribution in [0, 0.1) is 0 Å². The summed E-state index contributed by atoms with van der Waals surface area (Å²) in [6.07, 6.45) is 1.15. The molecule has 1 fully saturated rings. The van der Waals surface area contributed by atoms with Gasteiger partial charge < -0.3 is 10.1 Å². The van der Waals surface area contributed by atoms with Crippen molar-refractivity contribution in [3.8, 4) is 0 Å². The van der Waals surface area contributed by atoms with E-state index in [2.05, 4.69) is 48.3 Å². The fourth-order valence-corrected chi connectivity index (χ4v) is 2.64. The Labute approximate surface area is 123 Å². The molecule has 112 valence electrons. The zero-order valence-corrected chi connectivity index (χ0v) is 12.9. The van der Waals surface area contributed by atoms with E-state index in [4.69, 9.17) is 4.74 Å². The van der Waals surface area contributed by atoms with Crippen molar-refractivity contribution in [1.29, 1.82) is 0 Å². The van der Waals surface area contributed by atoms with Gasteiger partial charge in [-0.15, -0.1) is 0 Å². The Morgan fingerprint density at radius 2 is 2.00 bits per heavy atom. The summed E-state index contributed by atoms with van der Waals surface area (Å²) in [5.74, 6) is 0.579. The number of nitrogens with one attached hydrogen (secondary N) is 1. The van der Waals surface area contributed by atoms with Crippen molar-refractivity contribution in [2.75, 3.05) is 39.4 Å². The molecule has 3 heteroatoms. The first kappa shape index (κ1) is 15.5. The summed E-state index contributed by atoms with van der Waals surface area (Å²) in [6, 6.07) is 9.13. The smallest absolute Gasteiger partial charge is 0.0593 e. The van der Waals surface area contributed by atoms with Crippen LogP contribution in [0.15, 0.2) is 24.3 Å². The maximum absolute atomic E-state index is 5.50. The highest BCUT2D eigenvalue weighted by Gasteiger charge is 2.10. The van der Waals surface area contributed by atoms with Gasteiger partial charge in [0, 0.05) is 32.8 Å². The summed E-state index contributed by atoms with van der Waals surface area (Å²) in [7, 11) is 0. The number of hydrogen-bond acceptors (Lipinski definition) is 3. The molecule has 1 aromatic rings. The molecule has 20 heavy (non-hydrogen) atoms. The third-order valence-corrected chi connectivity index (χ3v) is 3.97. The van der Waals surface area contributed by atoms with Crippen LogP contribution in [0.2, 0.25) is 0 Å². The Kier molecular flexibility index (Phi) is 6.51. The summed E-state index contributed by atoms with van der Waals surface area (Å²) in [4.78, 5) is 2.49. The van der Waals surface area contributed by atoms with Crippen molar-refractivity contribution in [3.63, 3.8) is 0 Å². The van der Waals surface area contributed by atoms with E-state index in [0.717, 1.165) is 52.4 Å². The SMILES string of the molecule is CCNCC(C)c1ccc(CN2CCCOCC2)cc1. The van der Waals surface area contributed by atoms with Crippen LogP contribution in [0.3, 0.4) is 0 Å². The van der Waals surface area contributed by atoms with E-state index in [9.17, 15) is 0 Å². The first-order valence-corrected chi connectivity index (χ1v) is 7.89. The fraction of sp³-hybridized carbons (Fsp3) is 0.647. The second-order valence-electron chi connectivity index (χ2n) is 5.69. The van der Waals surface area contributed by atoms with Gasteiger partial charge in [-0.25, -0.2) is 0 Å². The van der Waals surface area contributed by atoms with Gasteiger partial charge in [0.2, 0.25) is 0 Å². The van der Waals surface area contributed by atoms with E-state index in [1.165, 1.54) is 11.1 Å². The van der Waals surface area contributed by atoms with Crippen molar-refractivity contribution in [2.24, 2.45) is 0 Å². The van der Waals surface area contributed by atoms with E-state index in [1.807, 2.05) is 0 Å². The molecule has 1 atom stereocenters. The van der Waals surface area contributed by atoms with Gasteiger partial charge in [-0.05, 0) is 30.0 Å². The summed E-state index contributed by atoms with van der Waals surface area (Å²) in [6.45, 7) is 11.6. The predicted molar refractivity (Wildman–Crippen MR) is 84.1 cm³/mol. The Balaban J connectivity index is 1.87. The van der Waals surface area contributed by atoms with Crippen molar-refractivity contribution < 1.29 is 4.74 Å². The molecule has 0 amide bonds. The first-order valence-electron chi connectivity index (χ1n) is 7.89. The molecule has 1 saturated heterocycles.